The molecule has 5 nitrogen and oxygen atoms in total. The number of halogens is 1. The SMILES string of the molecule is CC(=O)NC(CC(=O)NCCc1c[nH]c2ccccc12)c1ccc(Cl)cc1. The number of rotatable bonds is 7. The Morgan fingerprint density at radius 2 is 1.85 bits per heavy atom. The van der Waals surface area contributed by atoms with E-state index < -0.39 is 0 Å². The second-order valence-electron chi connectivity index (χ2n) is 6.47. The molecule has 0 aliphatic heterocycles. The van der Waals surface area contributed by atoms with Gasteiger partial charge in [-0.2, -0.15) is 0 Å². The van der Waals surface area contributed by atoms with E-state index in [9.17, 15) is 9.59 Å². The van der Waals surface area contributed by atoms with Gasteiger partial charge in [0.05, 0.1) is 12.5 Å². The minimum absolute atomic E-state index is 0.108. The molecule has 27 heavy (non-hydrogen) atoms. The third-order valence-electron chi connectivity index (χ3n) is 4.43. The lowest BCUT2D eigenvalue weighted by atomic mass is 10.0. The number of hydrogen-bond acceptors (Lipinski definition) is 2. The molecular weight excluding hydrogens is 362 g/mol. The fraction of sp³-hybridized carbons (Fsp3) is 0.238. The minimum Gasteiger partial charge on any atom is -0.361 e. The zero-order chi connectivity index (χ0) is 19.2. The predicted molar refractivity (Wildman–Crippen MR) is 108 cm³/mol. The van der Waals surface area contributed by atoms with Gasteiger partial charge in [-0.05, 0) is 35.7 Å². The Morgan fingerprint density at radius 1 is 1.11 bits per heavy atom. The van der Waals surface area contributed by atoms with E-state index in [1.165, 1.54) is 17.9 Å². The van der Waals surface area contributed by atoms with E-state index >= 15 is 0 Å². The number of benzene rings is 2. The second kappa shape index (κ2) is 8.73. The molecule has 2 aromatic carbocycles. The van der Waals surface area contributed by atoms with Gasteiger partial charge in [0.2, 0.25) is 11.8 Å². The van der Waals surface area contributed by atoms with Gasteiger partial charge in [0, 0.05) is 35.6 Å². The van der Waals surface area contributed by atoms with E-state index in [-0.39, 0.29) is 24.3 Å². The predicted octanol–water partition coefficient (Wildman–Crippen LogP) is 3.75. The molecule has 0 aliphatic carbocycles. The van der Waals surface area contributed by atoms with Crippen LogP contribution in [-0.2, 0) is 16.0 Å². The van der Waals surface area contributed by atoms with Crippen LogP contribution in [0.3, 0.4) is 0 Å². The highest BCUT2D eigenvalue weighted by Gasteiger charge is 2.17. The Balaban J connectivity index is 1.57. The molecule has 6 heteroatoms. The highest BCUT2D eigenvalue weighted by Crippen LogP contribution is 2.20. The van der Waals surface area contributed by atoms with Crippen LogP contribution < -0.4 is 10.6 Å². The molecule has 2 amide bonds. The van der Waals surface area contributed by atoms with Gasteiger partial charge < -0.3 is 15.6 Å². The number of carbonyl (C=O) groups is 2. The van der Waals surface area contributed by atoms with Crippen LogP contribution in [0.15, 0.2) is 54.7 Å². The van der Waals surface area contributed by atoms with Crippen molar-refractivity contribution in [3.8, 4) is 0 Å². The molecule has 0 saturated heterocycles. The Morgan fingerprint density at radius 3 is 2.59 bits per heavy atom. The fourth-order valence-corrected chi connectivity index (χ4v) is 3.25. The lowest BCUT2D eigenvalue weighted by molar-refractivity contribution is -0.122. The summed E-state index contributed by atoms with van der Waals surface area (Å²) in [7, 11) is 0. The number of aromatic amines is 1. The number of para-hydroxylation sites is 1. The Bertz CT molecular complexity index is 934. The molecule has 0 aliphatic rings. The summed E-state index contributed by atoms with van der Waals surface area (Å²) in [4.78, 5) is 27.1. The Kier molecular flexibility index (Phi) is 6.14. The summed E-state index contributed by atoms with van der Waals surface area (Å²) < 4.78 is 0. The molecule has 1 heterocycles. The molecule has 3 aromatic rings. The number of amides is 2. The Labute approximate surface area is 163 Å². The molecule has 0 spiro atoms. The lowest BCUT2D eigenvalue weighted by Gasteiger charge is -2.18. The van der Waals surface area contributed by atoms with Crippen molar-refractivity contribution >= 4 is 34.3 Å². The van der Waals surface area contributed by atoms with Gasteiger partial charge >= 0.3 is 0 Å². The molecule has 0 radical (unpaired) electrons. The zero-order valence-corrected chi connectivity index (χ0v) is 15.8. The van der Waals surface area contributed by atoms with Crippen molar-refractivity contribution in [3.63, 3.8) is 0 Å². The van der Waals surface area contributed by atoms with Crippen LogP contribution in [0.4, 0.5) is 0 Å². The molecule has 1 aromatic heterocycles. The van der Waals surface area contributed by atoms with Crippen molar-refractivity contribution in [2.24, 2.45) is 0 Å². The molecule has 3 rings (SSSR count). The number of aromatic nitrogens is 1. The topological polar surface area (TPSA) is 74.0 Å². The first-order valence-electron chi connectivity index (χ1n) is 8.87. The van der Waals surface area contributed by atoms with Crippen molar-refractivity contribution in [3.05, 3.63) is 70.9 Å². The monoisotopic (exact) mass is 383 g/mol. The van der Waals surface area contributed by atoms with Gasteiger partial charge in [0.15, 0.2) is 0 Å². The van der Waals surface area contributed by atoms with Gasteiger partial charge in [-0.25, -0.2) is 0 Å². The van der Waals surface area contributed by atoms with Crippen LogP contribution in [-0.4, -0.2) is 23.3 Å². The molecule has 1 unspecified atom stereocenters. The van der Waals surface area contributed by atoms with Crippen molar-refractivity contribution in [2.45, 2.75) is 25.8 Å². The van der Waals surface area contributed by atoms with Crippen LogP contribution in [0.1, 0.15) is 30.5 Å². The van der Waals surface area contributed by atoms with E-state index in [0.29, 0.717) is 11.6 Å². The summed E-state index contributed by atoms with van der Waals surface area (Å²) >= 11 is 5.92. The van der Waals surface area contributed by atoms with Gasteiger partial charge in [0.1, 0.15) is 0 Å². The molecule has 0 saturated carbocycles. The summed E-state index contributed by atoms with van der Waals surface area (Å²) in [5.74, 6) is -0.287. The van der Waals surface area contributed by atoms with Crippen LogP contribution in [0.2, 0.25) is 5.02 Å². The van der Waals surface area contributed by atoms with E-state index in [2.05, 4.69) is 21.7 Å². The van der Waals surface area contributed by atoms with E-state index in [0.717, 1.165) is 17.5 Å². The first kappa shape index (κ1) is 19.0. The molecule has 0 fully saturated rings. The maximum atomic E-state index is 12.4. The first-order valence-corrected chi connectivity index (χ1v) is 9.25. The number of carbonyl (C=O) groups excluding carboxylic acids is 2. The highest BCUT2D eigenvalue weighted by molar-refractivity contribution is 6.30. The summed E-state index contributed by atoms with van der Waals surface area (Å²) in [6, 6.07) is 14.8. The first-order chi connectivity index (χ1) is 13.0. The van der Waals surface area contributed by atoms with Crippen molar-refractivity contribution in [2.75, 3.05) is 6.54 Å². The van der Waals surface area contributed by atoms with Crippen molar-refractivity contribution in [1.29, 1.82) is 0 Å². The van der Waals surface area contributed by atoms with Crippen LogP contribution in [0.5, 0.6) is 0 Å². The van der Waals surface area contributed by atoms with E-state index in [1.54, 1.807) is 12.1 Å². The van der Waals surface area contributed by atoms with Gasteiger partial charge in [-0.3, -0.25) is 9.59 Å². The van der Waals surface area contributed by atoms with Gasteiger partial charge in [-0.15, -0.1) is 0 Å². The number of H-pyrrole nitrogens is 1. The maximum Gasteiger partial charge on any atom is 0.222 e. The van der Waals surface area contributed by atoms with E-state index in [4.69, 9.17) is 11.6 Å². The van der Waals surface area contributed by atoms with Crippen LogP contribution in [0.25, 0.3) is 10.9 Å². The van der Waals surface area contributed by atoms with Gasteiger partial charge in [-0.1, -0.05) is 41.9 Å². The smallest absolute Gasteiger partial charge is 0.222 e. The standard InChI is InChI=1S/C21H22ClN3O2/c1-14(26)25-20(15-6-8-17(22)9-7-15)12-21(27)23-11-10-16-13-24-19-5-3-2-4-18(16)19/h2-9,13,20,24H,10-12H2,1H3,(H,23,27)(H,25,26). The van der Waals surface area contributed by atoms with Crippen molar-refractivity contribution < 1.29 is 9.59 Å². The zero-order valence-electron chi connectivity index (χ0n) is 15.1. The normalized spacial score (nSPS) is 11.9. The third-order valence-corrected chi connectivity index (χ3v) is 4.68. The van der Waals surface area contributed by atoms with Crippen LogP contribution in [0, 0.1) is 0 Å². The molecule has 0 bridgehead atoms. The summed E-state index contributed by atoms with van der Waals surface area (Å²) in [6.07, 6.45) is 2.89. The maximum absolute atomic E-state index is 12.4. The number of hydrogen-bond donors (Lipinski definition) is 3. The quantitative estimate of drug-likeness (QED) is 0.581. The lowest BCUT2D eigenvalue weighted by Crippen LogP contribution is -2.33. The second-order valence-corrected chi connectivity index (χ2v) is 6.90. The minimum atomic E-state index is -0.382. The van der Waals surface area contributed by atoms with Crippen molar-refractivity contribution in [1.82, 2.24) is 15.6 Å². The molecule has 3 N–H and O–H groups in total. The summed E-state index contributed by atoms with van der Waals surface area (Å²) in [5, 5.41) is 7.55. The molecule has 140 valence electrons. The summed E-state index contributed by atoms with van der Waals surface area (Å²) in [5.41, 5.74) is 3.11. The number of fused-ring (bicyclic) bond motifs is 1. The molecule has 1 atom stereocenters. The van der Waals surface area contributed by atoms with Crippen LogP contribution >= 0.6 is 11.6 Å². The third kappa shape index (κ3) is 5.11. The summed E-state index contributed by atoms with van der Waals surface area (Å²) in [6.45, 7) is 1.98. The Hall–Kier alpha value is -2.79. The average Bonchev–Trinajstić information content (AvgIpc) is 3.05. The number of nitrogens with one attached hydrogen (secondary N) is 3. The largest absolute Gasteiger partial charge is 0.361 e. The molecular formula is C21H22ClN3O2. The average molecular weight is 384 g/mol. The fourth-order valence-electron chi connectivity index (χ4n) is 3.13. The highest BCUT2D eigenvalue weighted by atomic mass is 35.5. The van der Waals surface area contributed by atoms with E-state index in [1.807, 2.05) is 36.5 Å². The van der Waals surface area contributed by atoms with Gasteiger partial charge in [0.25, 0.3) is 0 Å².